The average Bonchev–Trinajstić information content (AvgIpc) is 2.28. The fraction of sp³-hybridized carbons (Fsp3) is 0.385. The first-order chi connectivity index (χ1) is 7.70. The zero-order chi connectivity index (χ0) is 11.5. The molecule has 0 saturated heterocycles. The number of amides is 1. The molecule has 0 fully saturated rings. The van der Waals surface area contributed by atoms with Crippen molar-refractivity contribution in [1.29, 1.82) is 0 Å². The van der Waals surface area contributed by atoms with Crippen LogP contribution in [0.1, 0.15) is 36.8 Å². The molecule has 1 aliphatic heterocycles. The number of hydrogen-bond donors (Lipinski definition) is 1. The Balaban J connectivity index is 2.27. The predicted molar refractivity (Wildman–Crippen MR) is 62.5 cm³/mol. The third-order valence-electron chi connectivity index (χ3n) is 3.05. The maximum Gasteiger partial charge on any atom is 0.224 e. The fourth-order valence-corrected chi connectivity index (χ4v) is 1.98. The molecular weight excluding hydrogens is 202 g/mol. The van der Waals surface area contributed by atoms with E-state index in [-0.39, 0.29) is 11.8 Å². The molecule has 1 aromatic carbocycles. The zero-order valence-electron chi connectivity index (χ0n) is 9.32. The number of hydrogen-bond acceptors (Lipinski definition) is 2. The number of benzene rings is 1. The first-order valence-corrected chi connectivity index (χ1v) is 5.57. The van der Waals surface area contributed by atoms with E-state index in [1.165, 1.54) is 5.56 Å². The lowest BCUT2D eigenvalue weighted by atomic mass is 9.94. The SMILES string of the molecule is CC(CC=O)c1ccc2c(c1)NC(=O)CC2. The fourth-order valence-electron chi connectivity index (χ4n) is 1.98. The summed E-state index contributed by atoms with van der Waals surface area (Å²) in [6, 6.07) is 6.08. The van der Waals surface area contributed by atoms with Crippen LogP contribution in [0.3, 0.4) is 0 Å². The topological polar surface area (TPSA) is 46.2 Å². The van der Waals surface area contributed by atoms with Crippen LogP contribution in [0, 0.1) is 0 Å². The Morgan fingerprint density at radius 1 is 1.44 bits per heavy atom. The van der Waals surface area contributed by atoms with E-state index in [1.807, 2.05) is 25.1 Å². The third-order valence-corrected chi connectivity index (χ3v) is 3.05. The van der Waals surface area contributed by atoms with Gasteiger partial charge in [-0.05, 0) is 29.5 Å². The van der Waals surface area contributed by atoms with Gasteiger partial charge in [-0.25, -0.2) is 0 Å². The van der Waals surface area contributed by atoms with Crippen molar-refractivity contribution in [3.8, 4) is 0 Å². The molecule has 3 heteroatoms. The minimum Gasteiger partial charge on any atom is -0.326 e. The first kappa shape index (κ1) is 10.9. The van der Waals surface area contributed by atoms with Gasteiger partial charge in [0.2, 0.25) is 5.91 Å². The van der Waals surface area contributed by atoms with Gasteiger partial charge in [-0.1, -0.05) is 19.1 Å². The number of aryl methyl sites for hydroxylation is 1. The number of fused-ring (bicyclic) bond motifs is 1. The van der Waals surface area contributed by atoms with Crippen molar-refractivity contribution in [2.75, 3.05) is 5.32 Å². The summed E-state index contributed by atoms with van der Waals surface area (Å²) in [7, 11) is 0. The standard InChI is InChI=1S/C13H15NO2/c1-9(6-7-15)11-3-2-10-4-5-13(16)14-12(10)8-11/h2-3,7-9H,4-6H2,1H3,(H,14,16). The molecule has 1 atom stereocenters. The first-order valence-electron chi connectivity index (χ1n) is 5.57. The Labute approximate surface area is 94.9 Å². The van der Waals surface area contributed by atoms with Gasteiger partial charge in [0.1, 0.15) is 6.29 Å². The molecule has 1 amide bonds. The molecule has 1 heterocycles. The summed E-state index contributed by atoms with van der Waals surface area (Å²) in [6.45, 7) is 2.01. The molecule has 0 radical (unpaired) electrons. The predicted octanol–water partition coefficient (Wildman–Crippen LogP) is 2.26. The van der Waals surface area contributed by atoms with Gasteiger partial charge in [-0.15, -0.1) is 0 Å². The van der Waals surface area contributed by atoms with E-state index >= 15 is 0 Å². The maximum absolute atomic E-state index is 11.3. The Bertz CT molecular complexity index is 426. The highest BCUT2D eigenvalue weighted by molar-refractivity contribution is 5.94. The largest absolute Gasteiger partial charge is 0.326 e. The average molecular weight is 217 g/mol. The van der Waals surface area contributed by atoms with Crippen molar-refractivity contribution in [2.24, 2.45) is 0 Å². The zero-order valence-corrected chi connectivity index (χ0v) is 9.32. The normalized spacial score (nSPS) is 16.2. The van der Waals surface area contributed by atoms with Crippen LogP contribution in [0.25, 0.3) is 0 Å². The minimum atomic E-state index is 0.0766. The molecule has 16 heavy (non-hydrogen) atoms. The van der Waals surface area contributed by atoms with Gasteiger partial charge in [0.15, 0.2) is 0 Å². The van der Waals surface area contributed by atoms with E-state index in [1.54, 1.807) is 0 Å². The van der Waals surface area contributed by atoms with Gasteiger partial charge in [0, 0.05) is 18.5 Å². The van der Waals surface area contributed by atoms with Crippen LogP contribution < -0.4 is 5.32 Å². The van der Waals surface area contributed by atoms with Gasteiger partial charge in [-0.3, -0.25) is 4.79 Å². The molecule has 84 valence electrons. The molecule has 1 aromatic rings. The van der Waals surface area contributed by atoms with Gasteiger partial charge in [-0.2, -0.15) is 0 Å². The molecule has 0 spiro atoms. The summed E-state index contributed by atoms with van der Waals surface area (Å²) in [5.41, 5.74) is 3.20. The number of carbonyl (C=O) groups excluding carboxylic acids is 2. The van der Waals surface area contributed by atoms with E-state index in [0.717, 1.165) is 24.0 Å². The van der Waals surface area contributed by atoms with Crippen LogP contribution in [-0.4, -0.2) is 12.2 Å². The second-order valence-electron chi connectivity index (χ2n) is 4.27. The quantitative estimate of drug-likeness (QED) is 0.789. The molecule has 1 N–H and O–H groups in total. The highest BCUT2D eigenvalue weighted by atomic mass is 16.1. The number of rotatable bonds is 3. The minimum absolute atomic E-state index is 0.0766. The van der Waals surface area contributed by atoms with E-state index in [0.29, 0.717) is 12.8 Å². The van der Waals surface area contributed by atoms with Gasteiger partial charge >= 0.3 is 0 Å². The number of nitrogens with one attached hydrogen (secondary N) is 1. The molecule has 3 nitrogen and oxygen atoms in total. The van der Waals surface area contributed by atoms with Crippen LogP contribution in [-0.2, 0) is 16.0 Å². The Morgan fingerprint density at radius 2 is 2.25 bits per heavy atom. The van der Waals surface area contributed by atoms with Gasteiger partial charge in [0.25, 0.3) is 0 Å². The van der Waals surface area contributed by atoms with Crippen molar-refractivity contribution >= 4 is 17.9 Å². The second kappa shape index (κ2) is 4.47. The third kappa shape index (κ3) is 2.13. The summed E-state index contributed by atoms with van der Waals surface area (Å²) >= 11 is 0. The van der Waals surface area contributed by atoms with Crippen molar-refractivity contribution in [3.63, 3.8) is 0 Å². The number of anilines is 1. The molecule has 0 aromatic heterocycles. The number of aldehydes is 1. The van der Waals surface area contributed by atoms with E-state index in [2.05, 4.69) is 5.32 Å². The number of carbonyl (C=O) groups is 2. The lowest BCUT2D eigenvalue weighted by Crippen LogP contribution is -2.19. The van der Waals surface area contributed by atoms with Crippen LogP contribution in [0.15, 0.2) is 18.2 Å². The summed E-state index contributed by atoms with van der Waals surface area (Å²) in [5, 5.41) is 2.87. The van der Waals surface area contributed by atoms with Gasteiger partial charge in [0.05, 0.1) is 0 Å². The smallest absolute Gasteiger partial charge is 0.224 e. The lowest BCUT2D eigenvalue weighted by Gasteiger charge is -2.19. The maximum atomic E-state index is 11.3. The molecule has 2 rings (SSSR count). The van der Waals surface area contributed by atoms with Crippen LogP contribution in [0.5, 0.6) is 0 Å². The van der Waals surface area contributed by atoms with Crippen molar-refractivity contribution in [1.82, 2.24) is 0 Å². The Hall–Kier alpha value is -1.64. The van der Waals surface area contributed by atoms with Crippen molar-refractivity contribution in [2.45, 2.75) is 32.1 Å². The second-order valence-corrected chi connectivity index (χ2v) is 4.27. The summed E-state index contributed by atoms with van der Waals surface area (Å²) in [6.07, 6.45) is 2.83. The summed E-state index contributed by atoms with van der Waals surface area (Å²) < 4.78 is 0. The molecule has 0 aliphatic carbocycles. The summed E-state index contributed by atoms with van der Waals surface area (Å²) in [5.74, 6) is 0.286. The Kier molecular flexibility index (Phi) is 3.04. The van der Waals surface area contributed by atoms with E-state index in [9.17, 15) is 9.59 Å². The van der Waals surface area contributed by atoms with Crippen molar-refractivity contribution < 1.29 is 9.59 Å². The molecule has 1 unspecified atom stereocenters. The van der Waals surface area contributed by atoms with E-state index in [4.69, 9.17) is 0 Å². The molecular formula is C13H15NO2. The molecule has 1 aliphatic rings. The monoisotopic (exact) mass is 217 g/mol. The lowest BCUT2D eigenvalue weighted by molar-refractivity contribution is -0.116. The molecule has 0 saturated carbocycles. The summed E-state index contributed by atoms with van der Waals surface area (Å²) in [4.78, 5) is 21.7. The van der Waals surface area contributed by atoms with Crippen LogP contribution >= 0.6 is 0 Å². The highest BCUT2D eigenvalue weighted by Gasteiger charge is 2.16. The molecule has 0 bridgehead atoms. The Morgan fingerprint density at radius 3 is 3.00 bits per heavy atom. The van der Waals surface area contributed by atoms with Gasteiger partial charge < -0.3 is 10.1 Å². The van der Waals surface area contributed by atoms with Crippen LogP contribution in [0.2, 0.25) is 0 Å². The van der Waals surface area contributed by atoms with Crippen molar-refractivity contribution in [3.05, 3.63) is 29.3 Å². The van der Waals surface area contributed by atoms with Crippen LogP contribution in [0.4, 0.5) is 5.69 Å². The highest BCUT2D eigenvalue weighted by Crippen LogP contribution is 2.27. The van der Waals surface area contributed by atoms with E-state index < -0.39 is 0 Å².